The number of hydrogen-bond acceptors (Lipinski definition) is 5. The van der Waals surface area contributed by atoms with Crippen molar-refractivity contribution in [2.45, 2.75) is 64.2 Å². The van der Waals surface area contributed by atoms with Gasteiger partial charge in [0.15, 0.2) is 0 Å². The third-order valence-electron chi connectivity index (χ3n) is 6.35. The number of aryl methyl sites for hydroxylation is 2. The zero-order valence-electron chi connectivity index (χ0n) is 18.7. The average molecular weight is 442 g/mol. The number of hydrogen-bond donors (Lipinski definition) is 0. The van der Waals surface area contributed by atoms with Crippen LogP contribution >= 0.6 is 0 Å². The standard InChI is InChI=1S/C22H27BN2O5S/c1-7-24-14-18(23-29-21(3,4)22(5,6)30-23)17-12-13-25(19(17)20(24)26)31(27,28)16-10-8-15(2)9-11-16/h8-14H,7H2,1-6H3. The van der Waals surface area contributed by atoms with Crippen LogP contribution in [0.25, 0.3) is 10.9 Å². The molecule has 2 aromatic heterocycles. The van der Waals surface area contributed by atoms with Crippen LogP contribution in [0.5, 0.6) is 0 Å². The molecule has 0 bridgehead atoms. The van der Waals surface area contributed by atoms with Crippen LogP contribution in [0.3, 0.4) is 0 Å². The summed E-state index contributed by atoms with van der Waals surface area (Å²) in [6, 6.07) is 8.21. The molecule has 0 saturated carbocycles. The molecular formula is C22H27BN2O5S. The lowest BCUT2D eigenvalue weighted by molar-refractivity contribution is 0.00578. The van der Waals surface area contributed by atoms with Crippen LogP contribution in [0.4, 0.5) is 0 Å². The van der Waals surface area contributed by atoms with Crippen LogP contribution < -0.4 is 11.0 Å². The molecule has 9 heteroatoms. The molecule has 7 nitrogen and oxygen atoms in total. The van der Waals surface area contributed by atoms with E-state index in [0.29, 0.717) is 17.4 Å². The van der Waals surface area contributed by atoms with Gasteiger partial charge in [0, 0.05) is 29.8 Å². The van der Waals surface area contributed by atoms with Gasteiger partial charge in [-0.25, -0.2) is 12.4 Å². The van der Waals surface area contributed by atoms with Gasteiger partial charge in [0.25, 0.3) is 15.6 Å². The Balaban J connectivity index is 1.95. The maximum absolute atomic E-state index is 13.4. The normalized spacial score (nSPS) is 18.1. The molecule has 0 unspecified atom stereocenters. The van der Waals surface area contributed by atoms with Crippen molar-refractivity contribution in [3.05, 3.63) is 58.6 Å². The van der Waals surface area contributed by atoms with Crippen molar-refractivity contribution in [3.8, 4) is 0 Å². The van der Waals surface area contributed by atoms with E-state index in [-0.39, 0.29) is 16.0 Å². The number of fused-ring (bicyclic) bond motifs is 1. The van der Waals surface area contributed by atoms with E-state index in [0.717, 1.165) is 9.54 Å². The molecule has 3 aromatic rings. The monoisotopic (exact) mass is 442 g/mol. The third kappa shape index (κ3) is 3.35. The second-order valence-corrected chi connectivity index (χ2v) is 10.8. The van der Waals surface area contributed by atoms with E-state index >= 15 is 0 Å². The number of benzene rings is 1. The topological polar surface area (TPSA) is 79.5 Å². The average Bonchev–Trinajstić information content (AvgIpc) is 3.22. The first-order valence-electron chi connectivity index (χ1n) is 10.3. The molecule has 3 heterocycles. The molecule has 0 N–H and O–H groups in total. The molecule has 0 radical (unpaired) electrons. The fourth-order valence-corrected chi connectivity index (χ4v) is 5.05. The van der Waals surface area contributed by atoms with Crippen molar-refractivity contribution in [2.75, 3.05) is 0 Å². The summed E-state index contributed by atoms with van der Waals surface area (Å²) in [5.74, 6) is 0. The summed E-state index contributed by atoms with van der Waals surface area (Å²) in [7, 11) is -4.67. The Labute approximate surface area is 182 Å². The van der Waals surface area contributed by atoms with E-state index in [1.807, 2.05) is 41.5 Å². The Morgan fingerprint density at radius 2 is 1.58 bits per heavy atom. The zero-order chi connectivity index (χ0) is 22.8. The van der Waals surface area contributed by atoms with Crippen LogP contribution in [0.15, 0.2) is 52.4 Å². The highest BCUT2D eigenvalue weighted by Crippen LogP contribution is 2.37. The van der Waals surface area contributed by atoms with E-state index < -0.39 is 28.3 Å². The number of nitrogens with zero attached hydrogens (tertiary/aromatic N) is 2. The van der Waals surface area contributed by atoms with Gasteiger partial charge in [-0.2, -0.15) is 0 Å². The SMILES string of the molecule is CCn1cc(B2OC(C)(C)C(C)(C)O2)c2ccn(S(=O)(=O)c3ccc(C)cc3)c2c1=O. The third-order valence-corrected chi connectivity index (χ3v) is 8.04. The summed E-state index contributed by atoms with van der Waals surface area (Å²) in [6.45, 7) is 11.9. The Bertz CT molecular complexity index is 1300. The molecule has 31 heavy (non-hydrogen) atoms. The summed E-state index contributed by atoms with van der Waals surface area (Å²) in [5, 5.41) is 0.504. The molecule has 1 aromatic carbocycles. The second-order valence-electron chi connectivity index (χ2n) is 8.96. The Morgan fingerprint density at radius 3 is 2.13 bits per heavy atom. The maximum atomic E-state index is 13.4. The molecular weight excluding hydrogens is 415 g/mol. The minimum Gasteiger partial charge on any atom is -0.399 e. The minimum atomic E-state index is -3.95. The van der Waals surface area contributed by atoms with Crippen LogP contribution in [0, 0.1) is 6.92 Å². The lowest BCUT2D eigenvalue weighted by Gasteiger charge is -2.32. The zero-order valence-corrected chi connectivity index (χ0v) is 19.5. The van der Waals surface area contributed by atoms with Gasteiger partial charge < -0.3 is 13.9 Å². The van der Waals surface area contributed by atoms with E-state index in [4.69, 9.17) is 9.31 Å². The van der Waals surface area contributed by atoms with E-state index in [2.05, 4.69) is 0 Å². The van der Waals surface area contributed by atoms with Crippen molar-refractivity contribution >= 4 is 33.5 Å². The molecule has 1 aliphatic rings. The van der Waals surface area contributed by atoms with Crippen LogP contribution in [0.2, 0.25) is 0 Å². The van der Waals surface area contributed by atoms with Crippen molar-refractivity contribution in [1.82, 2.24) is 8.54 Å². The van der Waals surface area contributed by atoms with E-state index in [1.165, 1.54) is 10.8 Å². The molecule has 164 valence electrons. The molecule has 0 amide bonds. The predicted molar refractivity (Wildman–Crippen MR) is 121 cm³/mol. The van der Waals surface area contributed by atoms with Gasteiger partial charge in [-0.3, -0.25) is 4.79 Å². The quantitative estimate of drug-likeness (QED) is 0.581. The summed E-state index contributed by atoms with van der Waals surface area (Å²) in [5.41, 5.74) is 0.176. The molecule has 1 fully saturated rings. The summed E-state index contributed by atoms with van der Waals surface area (Å²) >= 11 is 0. The van der Waals surface area contributed by atoms with Crippen molar-refractivity contribution < 1.29 is 17.7 Å². The van der Waals surface area contributed by atoms with Crippen LogP contribution in [-0.2, 0) is 25.9 Å². The molecule has 0 aliphatic carbocycles. The minimum absolute atomic E-state index is 0.0923. The molecule has 4 rings (SSSR count). The van der Waals surface area contributed by atoms with Gasteiger partial charge >= 0.3 is 7.12 Å². The van der Waals surface area contributed by atoms with Gasteiger partial charge in [-0.15, -0.1) is 0 Å². The number of rotatable bonds is 4. The second kappa shape index (κ2) is 7.08. The number of aromatic nitrogens is 2. The first-order chi connectivity index (χ1) is 14.4. The predicted octanol–water partition coefficient (Wildman–Crippen LogP) is 2.67. The highest BCUT2D eigenvalue weighted by Gasteiger charge is 2.52. The molecule has 1 saturated heterocycles. The van der Waals surface area contributed by atoms with Gasteiger partial charge in [0.05, 0.1) is 16.1 Å². The molecule has 0 spiro atoms. The van der Waals surface area contributed by atoms with Crippen molar-refractivity contribution in [3.63, 3.8) is 0 Å². The maximum Gasteiger partial charge on any atom is 0.497 e. The number of pyridine rings is 1. The molecule has 0 atom stereocenters. The van der Waals surface area contributed by atoms with Gasteiger partial charge in [-0.1, -0.05) is 17.7 Å². The first kappa shape index (κ1) is 21.9. The highest BCUT2D eigenvalue weighted by molar-refractivity contribution is 7.90. The highest BCUT2D eigenvalue weighted by atomic mass is 32.2. The largest absolute Gasteiger partial charge is 0.497 e. The van der Waals surface area contributed by atoms with Crippen molar-refractivity contribution in [1.29, 1.82) is 0 Å². The summed E-state index contributed by atoms with van der Waals surface area (Å²) in [4.78, 5) is 13.3. The van der Waals surface area contributed by atoms with Gasteiger partial charge in [0.1, 0.15) is 5.52 Å². The van der Waals surface area contributed by atoms with Crippen LogP contribution in [0.1, 0.15) is 40.2 Å². The fourth-order valence-electron chi connectivity index (χ4n) is 3.71. The van der Waals surface area contributed by atoms with Gasteiger partial charge in [0.2, 0.25) is 0 Å². The fraction of sp³-hybridized carbons (Fsp3) is 0.409. The van der Waals surface area contributed by atoms with E-state index in [1.54, 1.807) is 36.5 Å². The Hall–Kier alpha value is -2.36. The summed E-state index contributed by atoms with van der Waals surface area (Å²) < 4.78 is 41.7. The Morgan fingerprint density at radius 1 is 1.00 bits per heavy atom. The molecule has 1 aliphatic heterocycles. The van der Waals surface area contributed by atoms with Gasteiger partial charge in [-0.05, 0) is 59.7 Å². The summed E-state index contributed by atoms with van der Waals surface area (Å²) in [6.07, 6.45) is 3.13. The van der Waals surface area contributed by atoms with Crippen LogP contribution in [-0.4, -0.2) is 35.3 Å². The Kier molecular flexibility index (Phi) is 4.99. The first-order valence-corrected chi connectivity index (χ1v) is 11.8. The smallest absolute Gasteiger partial charge is 0.399 e. The van der Waals surface area contributed by atoms with Crippen molar-refractivity contribution in [2.24, 2.45) is 0 Å². The lowest BCUT2D eigenvalue weighted by atomic mass is 9.78. The van der Waals surface area contributed by atoms with E-state index in [9.17, 15) is 13.2 Å². The lowest BCUT2D eigenvalue weighted by Crippen LogP contribution is -2.41.